The van der Waals surface area contributed by atoms with E-state index in [9.17, 15) is 9.59 Å². The Morgan fingerprint density at radius 2 is 2.25 bits per heavy atom. The second-order valence-electron chi connectivity index (χ2n) is 6.51. The van der Waals surface area contributed by atoms with Gasteiger partial charge in [0.1, 0.15) is 12.2 Å². The fourth-order valence-corrected chi connectivity index (χ4v) is 3.60. The fraction of sp³-hybridized carbons (Fsp3) is 0.625. The minimum Gasteiger partial charge on any atom is -0.376 e. The van der Waals surface area contributed by atoms with Crippen LogP contribution in [0, 0.1) is 0 Å². The van der Waals surface area contributed by atoms with Crippen molar-refractivity contribution < 1.29 is 19.1 Å². The zero-order valence-corrected chi connectivity index (χ0v) is 14.8. The molecule has 0 aliphatic carbocycles. The Morgan fingerprint density at radius 3 is 2.96 bits per heavy atom. The standard InChI is InChI=1S/C16H23N3O4S/c1-12(2)17-15(21)18-4-5-22-11-16(9-18)10-19(14(20)7-23-16)13-3-6-24-8-13/h3,6,8,12H,4-5,7,9-11H2,1-2H3,(H,17,21). The highest BCUT2D eigenvalue weighted by atomic mass is 32.1. The van der Waals surface area contributed by atoms with Gasteiger partial charge in [-0.25, -0.2) is 4.79 Å². The van der Waals surface area contributed by atoms with Crippen molar-refractivity contribution in [3.8, 4) is 0 Å². The quantitative estimate of drug-likeness (QED) is 0.870. The van der Waals surface area contributed by atoms with E-state index in [0.29, 0.717) is 32.8 Å². The topological polar surface area (TPSA) is 71.1 Å². The van der Waals surface area contributed by atoms with Crippen molar-refractivity contribution >= 4 is 29.0 Å². The molecule has 0 saturated carbocycles. The minimum atomic E-state index is -0.694. The second kappa shape index (κ2) is 7.08. The van der Waals surface area contributed by atoms with Crippen molar-refractivity contribution in [2.45, 2.75) is 25.5 Å². The third-order valence-corrected chi connectivity index (χ3v) is 4.79. The van der Waals surface area contributed by atoms with Crippen molar-refractivity contribution in [1.29, 1.82) is 0 Å². The maximum atomic E-state index is 12.4. The van der Waals surface area contributed by atoms with Crippen LogP contribution in [-0.2, 0) is 14.3 Å². The van der Waals surface area contributed by atoms with Gasteiger partial charge in [0, 0.05) is 18.0 Å². The first-order valence-electron chi connectivity index (χ1n) is 8.09. The molecule has 0 radical (unpaired) electrons. The van der Waals surface area contributed by atoms with Gasteiger partial charge in [0.05, 0.1) is 32.0 Å². The van der Waals surface area contributed by atoms with Gasteiger partial charge in [-0.3, -0.25) is 4.79 Å². The Hall–Kier alpha value is -1.64. The Balaban J connectivity index is 1.77. The van der Waals surface area contributed by atoms with Gasteiger partial charge in [-0.15, -0.1) is 0 Å². The monoisotopic (exact) mass is 353 g/mol. The molecular weight excluding hydrogens is 330 g/mol. The van der Waals surface area contributed by atoms with Gasteiger partial charge < -0.3 is 24.6 Å². The molecule has 1 aromatic rings. The van der Waals surface area contributed by atoms with Gasteiger partial charge in [-0.1, -0.05) is 0 Å². The average Bonchev–Trinajstić information content (AvgIpc) is 2.98. The van der Waals surface area contributed by atoms with E-state index < -0.39 is 5.60 Å². The summed E-state index contributed by atoms with van der Waals surface area (Å²) < 4.78 is 11.6. The van der Waals surface area contributed by atoms with E-state index in [4.69, 9.17) is 9.47 Å². The molecule has 1 N–H and O–H groups in total. The van der Waals surface area contributed by atoms with Crippen LogP contribution < -0.4 is 10.2 Å². The molecule has 1 atom stereocenters. The first kappa shape index (κ1) is 17.2. The van der Waals surface area contributed by atoms with Crippen molar-refractivity contribution in [3.63, 3.8) is 0 Å². The number of ether oxygens (including phenoxy) is 2. The summed E-state index contributed by atoms with van der Waals surface area (Å²) in [4.78, 5) is 28.1. The predicted octanol–water partition coefficient (Wildman–Crippen LogP) is 1.30. The first-order chi connectivity index (χ1) is 11.5. The number of amides is 3. The molecule has 2 saturated heterocycles. The van der Waals surface area contributed by atoms with Crippen LogP contribution >= 0.6 is 11.3 Å². The van der Waals surface area contributed by atoms with Crippen LogP contribution in [0.25, 0.3) is 0 Å². The lowest BCUT2D eigenvalue weighted by Crippen LogP contribution is -2.62. The third-order valence-electron chi connectivity index (χ3n) is 4.12. The van der Waals surface area contributed by atoms with Gasteiger partial charge in [0.15, 0.2) is 0 Å². The van der Waals surface area contributed by atoms with Crippen molar-refractivity contribution in [2.24, 2.45) is 0 Å². The molecule has 1 spiro atoms. The van der Waals surface area contributed by atoms with Crippen LogP contribution in [-0.4, -0.2) is 67.9 Å². The van der Waals surface area contributed by atoms with E-state index >= 15 is 0 Å². The van der Waals surface area contributed by atoms with E-state index in [-0.39, 0.29) is 24.6 Å². The van der Waals surface area contributed by atoms with Crippen molar-refractivity contribution in [2.75, 3.05) is 44.4 Å². The number of rotatable bonds is 2. The molecule has 7 nitrogen and oxygen atoms in total. The highest BCUT2D eigenvalue weighted by Gasteiger charge is 2.44. The van der Waals surface area contributed by atoms with Crippen LogP contribution in [0.5, 0.6) is 0 Å². The largest absolute Gasteiger partial charge is 0.376 e. The van der Waals surface area contributed by atoms with Gasteiger partial charge in [0.2, 0.25) is 0 Å². The van der Waals surface area contributed by atoms with E-state index in [0.717, 1.165) is 5.69 Å². The zero-order valence-electron chi connectivity index (χ0n) is 14.0. The van der Waals surface area contributed by atoms with Gasteiger partial charge in [-0.2, -0.15) is 11.3 Å². The summed E-state index contributed by atoms with van der Waals surface area (Å²) in [7, 11) is 0. The van der Waals surface area contributed by atoms with Crippen LogP contribution in [0.15, 0.2) is 16.8 Å². The number of morpholine rings is 1. The predicted molar refractivity (Wildman–Crippen MR) is 91.4 cm³/mol. The Bertz CT molecular complexity index is 592. The molecule has 8 heteroatoms. The summed E-state index contributed by atoms with van der Waals surface area (Å²) in [5.41, 5.74) is 0.177. The second-order valence-corrected chi connectivity index (χ2v) is 7.29. The first-order valence-corrected chi connectivity index (χ1v) is 9.03. The molecule has 1 aromatic heterocycles. The van der Waals surface area contributed by atoms with Crippen molar-refractivity contribution in [1.82, 2.24) is 10.2 Å². The molecule has 2 fully saturated rings. The van der Waals surface area contributed by atoms with E-state index in [1.165, 1.54) is 0 Å². The van der Waals surface area contributed by atoms with Crippen molar-refractivity contribution in [3.05, 3.63) is 16.8 Å². The highest BCUT2D eigenvalue weighted by molar-refractivity contribution is 7.08. The van der Waals surface area contributed by atoms with Gasteiger partial charge in [0.25, 0.3) is 5.91 Å². The normalized spacial score (nSPS) is 25.2. The molecule has 0 aromatic carbocycles. The summed E-state index contributed by atoms with van der Waals surface area (Å²) in [6.07, 6.45) is 0. The van der Waals surface area contributed by atoms with Gasteiger partial charge in [-0.05, 0) is 25.3 Å². The van der Waals surface area contributed by atoms with Gasteiger partial charge >= 0.3 is 6.03 Å². The fourth-order valence-electron chi connectivity index (χ4n) is 2.96. The maximum Gasteiger partial charge on any atom is 0.317 e. The number of urea groups is 1. The average molecular weight is 353 g/mol. The lowest BCUT2D eigenvalue weighted by Gasteiger charge is -2.42. The maximum absolute atomic E-state index is 12.4. The minimum absolute atomic E-state index is 0.00114. The lowest BCUT2D eigenvalue weighted by atomic mass is 10.0. The summed E-state index contributed by atoms with van der Waals surface area (Å²) in [5, 5.41) is 6.79. The van der Waals surface area contributed by atoms with Crippen LogP contribution in [0.2, 0.25) is 0 Å². The van der Waals surface area contributed by atoms with Crippen LogP contribution in [0.1, 0.15) is 13.8 Å². The zero-order chi connectivity index (χ0) is 17.2. The van der Waals surface area contributed by atoms with Crippen LogP contribution in [0.4, 0.5) is 10.5 Å². The summed E-state index contributed by atoms with van der Waals surface area (Å²) in [5.74, 6) is -0.0681. The molecule has 1 unspecified atom stereocenters. The molecule has 2 aliphatic rings. The number of hydrogen-bond donors (Lipinski definition) is 1. The number of hydrogen-bond acceptors (Lipinski definition) is 5. The molecular formula is C16H23N3O4S. The molecule has 2 aliphatic heterocycles. The number of nitrogens with one attached hydrogen (secondary N) is 1. The molecule has 3 rings (SSSR count). The number of thiophene rings is 1. The number of nitrogens with zero attached hydrogens (tertiary/aromatic N) is 2. The Labute approximate surface area is 145 Å². The highest BCUT2D eigenvalue weighted by Crippen LogP contribution is 2.28. The molecule has 24 heavy (non-hydrogen) atoms. The Morgan fingerprint density at radius 1 is 1.42 bits per heavy atom. The number of anilines is 1. The third kappa shape index (κ3) is 3.71. The van der Waals surface area contributed by atoms with E-state index in [2.05, 4.69) is 5.32 Å². The molecule has 0 bridgehead atoms. The van der Waals surface area contributed by atoms with Crippen LogP contribution in [0.3, 0.4) is 0 Å². The summed E-state index contributed by atoms with van der Waals surface area (Å²) in [6.45, 7) is 5.98. The SMILES string of the molecule is CC(C)NC(=O)N1CCOCC2(C1)CN(c1ccsc1)C(=O)CO2. The number of carbonyl (C=O) groups is 2. The van der Waals surface area contributed by atoms with E-state index in [1.54, 1.807) is 21.1 Å². The van der Waals surface area contributed by atoms with E-state index in [1.807, 2.05) is 30.7 Å². The molecule has 3 amide bonds. The summed E-state index contributed by atoms with van der Waals surface area (Å²) in [6, 6.07) is 1.86. The molecule has 132 valence electrons. The summed E-state index contributed by atoms with van der Waals surface area (Å²) >= 11 is 1.55. The number of carbonyl (C=O) groups excluding carboxylic acids is 2. The Kier molecular flexibility index (Phi) is 5.07. The lowest BCUT2D eigenvalue weighted by molar-refractivity contribution is -0.145. The molecule has 3 heterocycles. The smallest absolute Gasteiger partial charge is 0.317 e.